The number of rotatable bonds is 3. The average molecular weight is 257 g/mol. The van der Waals surface area contributed by atoms with E-state index in [9.17, 15) is 4.79 Å². The number of thioether (sulfide) groups is 1. The first-order valence-electron chi connectivity index (χ1n) is 6.45. The maximum Gasteiger partial charge on any atom is 0.240 e. The van der Waals surface area contributed by atoms with Gasteiger partial charge in [-0.05, 0) is 26.9 Å². The van der Waals surface area contributed by atoms with Crippen LogP contribution >= 0.6 is 11.8 Å². The zero-order chi connectivity index (χ0) is 12.3. The molecule has 17 heavy (non-hydrogen) atoms. The number of carbonyl (C=O) groups excluding carboxylic acids is 1. The molecular formula is C12H23N3OS. The molecule has 2 atom stereocenters. The van der Waals surface area contributed by atoms with Crippen LogP contribution in [0.3, 0.4) is 0 Å². The van der Waals surface area contributed by atoms with Gasteiger partial charge in [0.25, 0.3) is 0 Å². The number of carbonyl (C=O) groups is 1. The highest BCUT2D eigenvalue weighted by Crippen LogP contribution is 2.20. The van der Waals surface area contributed by atoms with Crippen LogP contribution in [-0.2, 0) is 4.79 Å². The Labute approximate surface area is 108 Å². The van der Waals surface area contributed by atoms with Crippen molar-refractivity contribution in [2.45, 2.75) is 24.9 Å². The third-order valence-corrected chi connectivity index (χ3v) is 4.52. The first-order chi connectivity index (χ1) is 8.18. The van der Waals surface area contributed by atoms with E-state index in [2.05, 4.69) is 29.2 Å². The zero-order valence-corrected chi connectivity index (χ0v) is 11.6. The van der Waals surface area contributed by atoms with Crippen molar-refractivity contribution in [3.8, 4) is 0 Å². The summed E-state index contributed by atoms with van der Waals surface area (Å²) < 4.78 is 0. The number of hydrogen-bond donors (Lipinski definition) is 1. The number of likely N-dealkylation sites (tertiary alicyclic amines) is 1. The fourth-order valence-electron chi connectivity index (χ4n) is 2.66. The number of hydrogen-bond acceptors (Lipinski definition) is 4. The van der Waals surface area contributed by atoms with Crippen molar-refractivity contribution >= 4 is 17.7 Å². The van der Waals surface area contributed by atoms with Crippen molar-refractivity contribution < 1.29 is 4.79 Å². The highest BCUT2D eigenvalue weighted by atomic mass is 32.2. The van der Waals surface area contributed by atoms with E-state index >= 15 is 0 Å². The van der Waals surface area contributed by atoms with Crippen LogP contribution < -0.4 is 5.32 Å². The van der Waals surface area contributed by atoms with Gasteiger partial charge in [0.2, 0.25) is 5.91 Å². The van der Waals surface area contributed by atoms with Gasteiger partial charge in [-0.3, -0.25) is 4.79 Å². The Morgan fingerprint density at radius 2 is 2.35 bits per heavy atom. The van der Waals surface area contributed by atoms with Crippen LogP contribution in [0.2, 0.25) is 0 Å². The number of amides is 1. The van der Waals surface area contributed by atoms with Crippen molar-refractivity contribution in [3.05, 3.63) is 0 Å². The van der Waals surface area contributed by atoms with E-state index in [0.717, 1.165) is 44.0 Å². The van der Waals surface area contributed by atoms with Crippen molar-refractivity contribution in [1.82, 2.24) is 15.1 Å². The number of nitrogens with zero attached hydrogens (tertiary/aromatic N) is 2. The normalized spacial score (nSPS) is 29.9. The van der Waals surface area contributed by atoms with Gasteiger partial charge in [0.15, 0.2) is 0 Å². The van der Waals surface area contributed by atoms with Crippen molar-refractivity contribution in [2.75, 3.05) is 45.2 Å². The molecule has 2 fully saturated rings. The van der Waals surface area contributed by atoms with Gasteiger partial charge in [0.1, 0.15) is 0 Å². The highest BCUT2D eigenvalue weighted by Gasteiger charge is 2.33. The molecule has 0 spiro atoms. The van der Waals surface area contributed by atoms with E-state index < -0.39 is 0 Å². The van der Waals surface area contributed by atoms with E-state index in [-0.39, 0.29) is 6.04 Å². The van der Waals surface area contributed by atoms with Crippen LogP contribution in [0.1, 0.15) is 12.8 Å². The van der Waals surface area contributed by atoms with E-state index in [1.54, 1.807) is 0 Å². The fraction of sp³-hybridized carbons (Fsp3) is 0.917. The molecule has 4 nitrogen and oxygen atoms in total. The van der Waals surface area contributed by atoms with Gasteiger partial charge in [-0.15, -0.1) is 0 Å². The second-order valence-corrected chi connectivity index (χ2v) is 6.32. The Kier molecular flexibility index (Phi) is 4.70. The molecule has 0 aromatic rings. The first-order valence-corrected chi connectivity index (χ1v) is 7.60. The molecule has 1 N–H and O–H groups in total. The van der Waals surface area contributed by atoms with Gasteiger partial charge < -0.3 is 15.1 Å². The van der Waals surface area contributed by atoms with E-state index in [4.69, 9.17) is 0 Å². The van der Waals surface area contributed by atoms with Gasteiger partial charge in [-0.25, -0.2) is 0 Å². The SMILES string of the molecule is CN(C)CC1CCCN1C(=O)C1CSCCN1. The molecule has 1 amide bonds. The van der Waals surface area contributed by atoms with E-state index in [1.807, 2.05) is 11.8 Å². The summed E-state index contributed by atoms with van der Waals surface area (Å²) in [5.74, 6) is 2.39. The van der Waals surface area contributed by atoms with Gasteiger partial charge in [0.05, 0.1) is 6.04 Å². The monoisotopic (exact) mass is 257 g/mol. The summed E-state index contributed by atoms with van der Waals surface area (Å²) in [6.45, 7) is 2.90. The molecule has 5 heteroatoms. The second-order valence-electron chi connectivity index (χ2n) is 5.17. The van der Waals surface area contributed by atoms with Crippen LogP contribution in [-0.4, -0.2) is 73.0 Å². The minimum atomic E-state index is 0.0523. The summed E-state index contributed by atoms with van der Waals surface area (Å²) >= 11 is 1.88. The van der Waals surface area contributed by atoms with Gasteiger partial charge in [0, 0.05) is 37.2 Å². The Hall–Kier alpha value is -0.260. The molecule has 2 heterocycles. The number of likely N-dealkylation sites (N-methyl/N-ethyl adjacent to an activating group) is 1. The predicted octanol–water partition coefficient (Wildman–Crippen LogP) is 0.244. The van der Waals surface area contributed by atoms with Crippen LogP contribution in [0.25, 0.3) is 0 Å². The van der Waals surface area contributed by atoms with Gasteiger partial charge >= 0.3 is 0 Å². The van der Waals surface area contributed by atoms with Crippen LogP contribution in [0, 0.1) is 0 Å². The zero-order valence-electron chi connectivity index (χ0n) is 10.8. The third-order valence-electron chi connectivity index (χ3n) is 3.46. The predicted molar refractivity (Wildman–Crippen MR) is 72.4 cm³/mol. The minimum absolute atomic E-state index is 0.0523. The topological polar surface area (TPSA) is 35.6 Å². The average Bonchev–Trinajstić information content (AvgIpc) is 2.76. The lowest BCUT2D eigenvalue weighted by Gasteiger charge is -2.32. The minimum Gasteiger partial charge on any atom is -0.337 e. The third kappa shape index (κ3) is 3.36. The largest absolute Gasteiger partial charge is 0.337 e. The lowest BCUT2D eigenvalue weighted by molar-refractivity contribution is -0.133. The molecule has 0 bridgehead atoms. The summed E-state index contributed by atoms with van der Waals surface area (Å²) in [5.41, 5.74) is 0. The molecule has 0 aromatic heterocycles. The van der Waals surface area contributed by atoms with Crippen molar-refractivity contribution in [3.63, 3.8) is 0 Å². The molecule has 0 saturated carbocycles. The molecule has 2 aliphatic heterocycles. The lowest BCUT2D eigenvalue weighted by atomic mass is 10.2. The molecule has 2 saturated heterocycles. The smallest absolute Gasteiger partial charge is 0.240 e. The van der Waals surface area contributed by atoms with Gasteiger partial charge in [-0.2, -0.15) is 11.8 Å². The summed E-state index contributed by atoms with van der Waals surface area (Å²) in [6.07, 6.45) is 2.31. The Balaban J connectivity index is 1.92. The van der Waals surface area contributed by atoms with E-state index in [0.29, 0.717) is 11.9 Å². The summed E-state index contributed by atoms with van der Waals surface area (Å²) in [6, 6.07) is 0.475. The Morgan fingerprint density at radius 1 is 1.53 bits per heavy atom. The molecule has 0 aliphatic carbocycles. The van der Waals surface area contributed by atoms with Crippen LogP contribution in [0.15, 0.2) is 0 Å². The molecule has 0 aromatic carbocycles. The maximum atomic E-state index is 12.4. The highest BCUT2D eigenvalue weighted by molar-refractivity contribution is 7.99. The molecule has 2 unspecified atom stereocenters. The summed E-state index contributed by atoms with van der Waals surface area (Å²) in [7, 11) is 4.16. The standard InChI is InChI=1S/C12H23N3OS/c1-14(2)8-10-4-3-6-15(10)12(16)11-9-17-7-5-13-11/h10-11,13H,3-9H2,1-2H3. The molecule has 2 rings (SSSR count). The van der Waals surface area contributed by atoms with Crippen molar-refractivity contribution in [2.24, 2.45) is 0 Å². The van der Waals surface area contributed by atoms with Crippen LogP contribution in [0.4, 0.5) is 0 Å². The Morgan fingerprint density at radius 3 is 3.00 bits per heavy atom. The summed E-state index contributed by atoms with van der Waals surface area (Å²) in [4.78, 5) is 16.7. The van der Waals surface area contributed by atoms with Crippen molar-refractivity contribution in [1.29, 1.82) is 0 Å². The van der Waals surface area contributed by atoms with E-state index in [1.165, 1.54) is 0 Å². The fourth-order valence-corrected chi connectivity index (χ4v) is 3.59. The lowest BCUT2D eigenvalue weighted by Crippen LogP contribution is -2.53. The quantitative estimate of drug-likeness (QED) is 0.786. The molecular weight excluding hydrogens is 234 g/mol. The second kappa shape index (κ2) is 6.07. The Bertz CT molecular complexity index is 266. The molecule has 2 aliphatic rings. The summed E-state index contributed by atoms with van der Waals surface area (Å²) in [5, 5.41) is 3.34. The first kappa shape index (κ1) is 13.2. The number of nitrogens with one attached hydrogen (secondary N) is 1. The maximum absolute atomic E-state index is 12.4. The van der Waals surface area contributed by atoms with Crippen LogP contribution in [0.5, 0.6) is 0 Å². The molecule has 0 radical (unpaired) electrons. The van der Waals surface area contributed by atoms with Gasteiger partial charge in [-0.1, -0.05) is 0 Å². The molecule has 98 valence electrons.